The lowest BCUT2D eigenvalue weighted by Crippen LogP contribution is -2.45. The third-order valence-corrected chi connectivity index (χ3v) is 3.59. The molecule has 1 aliphatic rings. The molecule has 0 aliphatic carbocycles. The van der Waals surface area contributed by atoms with Gasteiger partial charge in [0.05, 0.1) is 0 Å². The molecule has 1 fully saturated rings. The van der Waals surface area contributed by atoms with Crippen LogP contribution in [0.15, 0.2) is 0 Å². The van der Waals surface area contributed by atoms with Crippen molar-refractivity contribution < 1.29 is 14.7 Å². The molecule has 1 rings (SSSR count). The zero-order chi connectivity index (χ0) is 11.6. The van der Waals surface area contributed by atoms with Gasteiger partial charge in [0, 0.05) is 18.3 Å². The van der Waals surface area contributed by atoms with Crippen LogP contribution < -0.4 is 0 Å². The largest absolute Gasteiger partial charge is 0.480 e. The quantitative estimate of drug-likeness (QED) is 0.789. The molecule has 4 nitrogen and oxygen atoms in total. The molecule has 1 heterocycles. The van der Waals surface area contributed by atoms with Crippen molar-refractivity contribution in [2.45, 2.75) is 26.3 Å². The first-order valence-corrected chi connectivity index (χ1v) is 6.17. The number of alkyl halides is 1. The van der Waals surface area contributed by atoms with Gasteiger partial charge in [0.1, 0.15) is 6.04 Å². The maximum atomic E-state index is 11.6. The molecule has 1 saturated heterocycles. The number of rotatable bonds is 4. The topological polar surface area (TPSA) is 57.6 Å². The van der Waals surface area contributed by atoms with Crippen LogP contribution in [0.5, 0.6) is 0 Å². The molecule has 0 aromatic rings. The van der Waals surface area contributed by atoms with Crippen molar-refractivity contribution in [1.29, 1.82) is 0 Å². The summed E-state index contributed by atoms with van der Waals surface area (Å²) in [5, 5.41) is 9.82. The number of hydrogen-bond acceptors (Lipinski definition) is 2. The summed E-state index contributed by atoms with van der Waals surface area (Å²) in [6.45, 7) is 4.21. The first-order chi connectivity index (χ1) is 6.97. The maximum absolute atomic E-state index is 11.6. The van der Waals surface area contributed by atoms with Gasteiger partial charge in [0.25, 0.3) is 0 Å². The van der Waals surface area contributed by atoms with E-state index in [4.69, 9.17) is 5.11 Å². The van der Waals surface area contributed by atoms with E-state index in [1.165, 1.54) is 4.90 Å². The van der Waals surface area contributed by atoms with E-state index in [2.05, 4.69) is 15.9 Å². The van der Waals surface area contributed by atoms with Gasteiger partial charge >= 0.3 is 5.97 Å². The van der Waals surface area contributed by atoms with Gasteiger partial charge in [0.2, 0.25) is 5.91 Å². The van der Waals surface area contributed by atoms with Crippen molar-refractivity contribution in [3.05, 3.63) is 0 Å². The van der Waals surface area contributed by atoms with Gasteiger partial charge in [-0.25, -0.2) is 4.79 Å². The van der Waals surface area contributed by atoms with Crippen LogP contribution in [0.3, 0.4) is 0 Å². The van der Waals surface area contributed by atoms with E-state index in [0.29, 0.717) is 13.0 Å². The molecule has 2 atom stereocenters. The van der Waals surface area contributed by atoms with Gasteiger partial charge in [-0.2, -0.15) is 0 Å². The molecule has 15 heavy (non-hydrogen) atoms. The monoisotopic (exact) mass is 277 g/mol. The lowest BCUT2D eigenvalue weighted by molar-refractivity contribution is -0.150. The molecule has 0 aromatic carbocycles. The van der Waals surface area contributed by atoms with Crippen LogP contribution in [0.4, 0.5) is 0 Å². The first kappa shape index (κ1) is 12.5. The van der Waals surface area contributed by atoms with Crippen LogP contribution >= 0.6 is 15.9 Å². The second-order valence-corrected chi connectivity index (χ2v) is 4.95. The number of aliphatic carboxylic acids is 1. The maximum Gasteiger partial charge on any atom is 0.326 e. The predicted molar refractivity (Wildman–Crippen MR) is 59.9 cm³/mol. The van der Waals surface area contributed by atoms with E-state index >= 15 is 0 Å². The van der Waals surface area contributed by atoms with Crippen LogP contribution in [0, 0.1) is 11.8 Å². The Morgan fingerprint density at radius 2 is 2.27 bits per heavy atom. The zero-order valence-electron chi connectivity index (χ0n) is 8.94. The van der Waals surface area contributed by atoms with E-state index in [9.17, 15) is 9.59 Å². The number of nitrogens with zero attached hydrogens (tertiary/aromatic N) is 1. The summed E-state index contributed by atoms with van der Waals surface area (Å²) in [7, 11) is 0. The van der Waals surface area contributed by atoms with E-state index in [1.54, 1.807) is 0 Å². The molecule has 0 radical (unpaired) electrons. The minimum absolute atomic E-state index is 0.0412. The Kier molecular flexibility index (Phi) is 4.13. The Morgan fingerprint density at radius 1 is 1.67 bits per heavy atom. The fourth-order valence-corrected chi connectivity index (χ4v) is 2.39. The summed E-state index contributed by atoms with van der Waals surface area (Å²) in [4.78, 5) is 24.2. The van der Waals surface area contributed by atoms with Gasteiger partial charge in [0.15, 0.2) is 0 Å². The van der Waals surface area contributed by atoms with Crippen LogP contribution in [0.25, 0.3) is 0 Å². The first-order valence-electron chi connectivity index (χ1n) is 5.05. The summed E-state index contributed by atoms with van der Waals surface area (Å²) >= 11 is 3.33. The Hall–Kier alpha value is -0.580. The number of carbonyl (C=O) groups excluding carboxylic acids is 1. The number of carbonyl (C=O) groups is 2. The smallest absolute Gasteiger partial charge is 0.326 e. The molecule has 86 valence electrons. The molecule has 0 saturated carbocycles. The average molecular weight is 278 g/mol. The van der Waals surface area contributed by atoms with Gasteiger partial charge < -0.3 is 10.0 Å². The number of carboxylic acid groups (broad SMARTS) is 1. The number of halogens is 1. The Labute approximate surface area is 97.8 Å². The third kappa shape index (κ3) is 2.71. The van der Waals surface area contributed by atoms with Crippen molar-refractivity contribution in [1.82, 2.24) is 4.90 Å². The minimum Gasteiger partial charge on any atom is -0.480 e. The molecule has 1 N–H and O–H groups in total. The Balaban J connectivity index is 2.77. The Morgan fingerprint density at radius 3 is 2.60 bits per heavy atom. The van der Waals surface area contributed by atoms with Gasteiger partial charge in [-0.05, 0) is 11.8 Å². The van der Waals surface area contributed by atoms with Crippen molar-refractivity contribution in [3.8, 4) is 0 Å². The molecule has 1 unspecified atom stereocenters. The highest BCUT2D eigenvalue weighted by Crippen LogP contribution is 2.24. The van der Waals surface area contributed by atoms with E-state index in [1.807, 2.05) is 13.8 Å². The standard InChI is InChI=1S/C10H16BrNO3/c1-6(2)9(10(14)15)12-5-7(4-11)3-8(12)13/h6-7,9H,3-5H2,1-2H3,(H,14,15)/t7?,9-/m0/s1. The lowest BCUT2D eigenvalue weighted by Gasteiger charge is -2.27. The summed E-state index contributed by atoms with van der Waals surface area (Å²) < 4.78 is 0. The van der Waals surface area contributed by atoms with Crippen LogP contribution in [-0.4, -0.2) is 39.8 Å². The molecular weight excluding hydrogens is 262 g/mol. The number of likely N-dealkylation sites (tertiary alicyclic amines) is 1. The van der Waals surface area contributed by atoms with Crippen LogP contribution in [0.2, 0.25) is 0 Å². The van der Waals surface area contributed by atoms with Crippen molar-refractivity contribution in [2.75, 3.05) is 11.9 Å². The highest BCUT2D eigenvalue weighted by Gasteiger charge is 2.38. The van der Waals surface area contributed by atoms with Gasteiger partial charge in [-0.1, -0.05) is 29.8 Å². The zero-order valence-corrected chi connectivity index (χ0v) is 10.5. The van der Waals surface area contributed by atoms with Gasteiger partial charge in [-0.3, -0.25) is 4.79 Å². The molecule has 0 bridgehead atoms. The van der Waals surface area contributed by atoms with Crippen molar-refractivity contribution in [2.24, 2.45) is 11.8 Å². The molecule has 5 heteroatoms. The average Bonchev–Trinajstić information content (AvgIpc) is 2.46. The molecule has 1 aliphatic heterocycles. The second-order valence-electron chi connectivity index (χ2n) is 4.30. The van der Waals surface area contributed by atoms with E-state index in [0.717, 1.165) is 5.33 Å². The normalized spacial score (nSPS) is 23.6. The SMILES string of the molecule is CC(C)[C@@H](C(=O)O)N1CC(CBr)CC1=O. The second kappa shape index (κ2) is 4.96. The lowest BCUT2D eigenvalue weighted by atomic mass is 10.0. The summed E-state index contributed by atoms with van der Waals surface area (Å²) in [6, 6.07) is -0.679. The Bertz CT molecular complexity index is 267. The molecule has 1 amide bonds. The predicted octanol–water partition coefficient (Wildman–Crippen LogP) is 1.34. The number of amides is 1. The molecule has 0 spiro atoms. The highest BCUT2D eigenvalue weighted by molar-refractivity contribution is 9.09. The fraction of sp³-hybridized carbons (Fsp3) is 0.800. The fourth-order valence-electron chi connectivity index (χ4n) is 1.96. The summed E-state index contributed by atoms with van der Waals surface area (Å²) in [6.07, 6.45) is 0.460. The van der Waals surface area contributed by atoms with Crippen molar-refractivity contribution in [3.63, 3.8) is 0 Å². The summed E-state index contributed by atoms with van der Waals surface area (Å²) in [5.41, 5.74) is 0. The van der Waals surface area contributed by atoms with Crippen LogP contribution in [0.1, 0.15) is 20.3 Å². The van der Waals surface area contributed by atoms with E-state index < -0.39 is 12.0 Å². The third-order valence-electron chi connectivity index (χ3n) is 2.68. The minimum atomic E-state index is -0.909. The van der Waals surface area contributed by atoms with E-state index in [-0.39, 0.29) is 17.7 Å². The highest BCUT2D eigenvalue weighted by atomic mass is 79.9. The number of hydrogen-bond donors (Lipinski definition) is 1. The van der Waals surface area contributed by atoms with Crippen LogP contribution in [-0.2, 0) is 9.59 Å². The molecule has 0 aromatic heterocycles. The van der Waals surface area contributed by atoms with Crippen molar-refractivity contribution >= 4 is 27.8 Å². The summed E-state index contributed by atoms with van der Waals surface area (Å²) in [5.74, 6) is -0.757. The number of carboxylic acids is 1. The molecular formula is C10H16BrNO3. The van der Waals surface area contributed by atoms with Gasteiger partial charge in [-0.15, -0.1) is 0 Å².